The highest BCUT2D eigenvalue weighted by Gasteiger charge is 2.31. The summed E-state index contributed by atoms with van der Waals surface area (Å²) in [5, 5.41) is 0. The average molecular weight is 383 g/mol. The van der Waals surface area contributed by atoms with Crippen LogP contribution in [0.4, 0.5) is 0 Å². The maximum absolute atomic E-state index is 6.04. The van der Waals surface area contributed by atoms with Crippen molar-refractivity contribution in [3.8, 4) is 0 Å². The Labute approximate surface area is 132 Å². The van der Waals surface area contributed by atoms with Crippen LogP contribution in [0.3, 0.4) is 0 Å². The molecular weight excluding hydrogens is 357 g/mol. The highest BCUT2D eigenvalue weighted by molar-refractivity contribution is 14.0. The SMILES string of the molecule is COC1(CN=C(N)N2CCOCC2)CCCCC1.I. The predicted molar refractivity (Wildman–Crippen MR) is 87.1 cm³/mol. The van der Waals surface area contributed by atoms with Crippen LogP contribution in [-0.2, 0) is 9.47 Å². The Morgan fingerprint density at radius 2 is 1.89 bits per heavy atom. The summed E-state index contributed by atoms with van der Waals surface area (Å²) >= 11 is 0. The molecule has 1 saturated carbocycles. The number of aliphatic imine (C=N–C) groups is 1. The van der Waals surface area contributed by atoms with Crippen LogP contribution in [0.5, 0.6) is 0 Å². The molecule has 0 aromatic carbocycles. The molecule has 0 radical (unpaired) electrons. The molecule has 0 unspecified atom stereocenters. The second-order valence-electron chi connectivity index (χ2n) is 5.22. The molecule has 2 aliphatic rings. The Morgan fingerprint density at radius 1 is 1.26 bits per heavy atom. The predicted octanol–water partition coefficient (Wildman–Crippen LogP) is 1.60. The van der Waals surface area contributed by atoms with Gasteiger partial charge in [-0.3, -0.25) is 4.99 Å². The van der Waals surface area contributed by atoms with E-state index in [0.717, 1.165) is 39.1 Å². The van der Waals surface area contributed by atoms with E-state index >= 15 is 0 Å². The van der Waals surface area contributed by atoms with E-state index < -0.39 is 0 Å². The third kappa shape index (κ3) is 4.75. The van der Waals surface area contributed by atoms with E-state index in [1.165, 1.54) is 19.3 Å². The maximum atomic E-state index is 6.04. The molecule has 5 nitrogen and oxygen atoms in total. The highest BCUT2D eigenvalue weighted by Crippen LogP contribution is 2.31. The first-order valence-corrected chi connectivity index (χ1v) is 6.93. The van der Waals surface area contributed by atoms with Gasteiger partial charge in [0.2, 0.25) is 0 Å². The molecule has 19 heavy (non-hydrogen) atoms. The molecule has 1 aliphatic carbocycles. The van der Waals surface area contributed by atoms with E-state index in [-0.39, 0.29) is 29.6 Å². The molecular formula is C13H26IN3O2. The number of ether oxygens (including phenoxy) is 2. The number of guanidine groups is 1. The van der Waals surface area contributed by atoms with E-state index in [2.05, 4.69) is 9.89 Å². The summed E-state index contributed by atoms with van der Waals surface area (Å²) < 4.78 is 11.0. The topological polar surface area (TPSA) is 60.1 Å². The normalized spacial score (nSPS) is 23.8. The minimum atomic E-state index is -0.0742. The summed E-state index contributed by atoms with van der Waals surface area (Å²) in [6, 6.07) is 0. The smallest absolute Gasteiger partial charge is 0.191 e. The van der Waals surface area contributed by atoms with Gasteiger partial charge in [-0.25, -0.2) is 0 Å². The number of rotatable bonds is 3. The number of nitrogens with two attached hydrogens (primary N) is 1. The molecule has 0 aromatic heterocycles. The van der Waals surface area contributed by atoms with Crippen molar-refractivity contribution in [2.24, 2.45) is 10.7 Å². The number of hydrogen-bond donors (Lipinski definition) is 1. The first kappa shape index (κ1) is 17.0. The van der Waals surface area contributed by atoms with Gasteiger partial charge >= 0.3 is 0 Å². The van der Waals surface area contributed by atoms with Crippen molar-refractivity contribution in [1.29, 1.82) is 0 Å². The van der Waals surface area contributed by atoms with E-state index in [0.29, 0.717) is 12.5 Å². The fourth-order valence-electron chi connectivity index (χ4n) is 2.74. The molecule has 6 heteroatoms. The Kier molecular flexibility index (Phi) is 7.38. The van der Waals surface area contributed by atoms with E-state index in [9.17, 15) is 0 Å². The van der Waals surface area contributed by atoms with Gasteiger partial charge in [0, 0.05) is 20.2 Å². The largest absolute Gasteiger partial charge is 0.378 e. The van der Waals surface area contributed by atoms with Gasteiger partial charge in [-0.2, -0.15) is 0 Å². The summed E-state index contributed by atoms with van der Waals surface area (Å²) in [4.78, 5) is 6.65. The number of hydrogen-bond acceptors (Lipinski definition) is 3. The lowest BCUT2D eigenvalue weighted by Crippen LogP contribution is -2.46. The Balaban J connectivity index is 0.00000180. The van der Waals surface area contributed by atoms with Gasteiger partial charge in [-0.15, -0.1) is 24.0 Å². The molecule has 1 heterocycles. The monoisotopic (exact) mass is 383 g/mol. The lowest BCUT2D eigenvalue weighted by Gasteiger charge is -2.35. The van der Waals surface area contributed by atoms with E-state index in [1.807, 2.05) is 0 Å². The Morgan fingerprint density at radius 3 is 2.47 bits per heavy atom. The van der Waals surface area contributed by atoms with Crippen molar-refractivity contribution in [3.63, 3.8) is 0 Å². The average Bonchev–Trinajstić information content (AvgIpc) is 2.47. The van der Waals surface area contributed by atoms with Crippen molar-refractivity contribution >= 4 is 29.9 Å². The van der Waals surface area contributed by atoms with Gasteiger partial charge in [0.1, 0.15) is 0 Å². The van der Waals surface area contributed by atoms with Crippen molar-refractivity contribution in [1.82, 2.24) is 4.90 Å². The Bertz CT molecular complexity index is 288. The molecule has 2 fully saturated rings. The van der Waals surface area contributed by atoms with E-state index in [4.69, 9.17) is 15.2 Å². The highest BCUT2D eigenvalue weighted by atomic mass is 127. The third-order valence-electron chi connectivity index (χ3n) is 4.06. The van der Waals surface area contributed by atoms with E-state index in [1.54, 1.807) is 7.11 Å². The summed E-state index contributed by atoms with van der Waals surface area (Å²) in [5.41, 5.74) is 5.97. The molecule has 112 valence electrons. The van der Waals surface area contributed by atoms with Gasteiger partial charge in [0.05, 0.1) is 25.4 Å². The molecule has 0 bridgehead atoms. The number of methoxy groups -OCH3 is 1. The standard InChI is InChI=1S/C13H25N3O2.HI/c1-17-13(5-3-2-4-6-13)11-15-12(14)16-7-9-18-10-8-16;/h2-11H2,1H3,(H2,14,15);1H. The van der Waals surface area contributed by atoms with Gasteiger partial charge in [0.15, 0.2) is 5.96 Å². The third-order valence-corrected chi connectivity index (χ3v) is 4.06. The molecule has 0 aromatic rings. The van der Waals surface area contributed by atoms with Crippen LogP contribution in [0, 0.1) is 0 Å². The van der Waals surface area contributed by atoms with Crippen LogP contribution in [0.25, 0.3) is 0 Å². The van der Waals surface area contributed by atoms with Crippen LogP contribution in [0.15, 0.2) is 4.99 Å². The van der Waals surface area contributed by atoms with Gasteiger partial charge in [-0.05, 0) is 12.8 Å². The van der Waals surface area contributed by atoms with Gasteiger partial charge in [-0.1, -0.05) is 19.3 Å². The molecule has 2 rings (SSSR count). The number of halogens is 1. The maximum Gasteiger partial charge on any atom is 0.191 e. The van der Waals surface area contributed by atoms with Crippen LogP contribution in [0.2, 0.25) is 0 Å². The van der Waals surface area contributed by atoms with Crippen LogP contribution >= 0.6 is 24.0 Å². The summed E-state index contributed by atoms with van der Waals surface area (Å²) in [6.07, 6.45) is 5.99. The van der Waals surface area contributed by atoms with Crippen molar-refractivity contribution in [2.45, 2.75) is 37.7 Å². The lowest BCUT2D eigenvalue weighted by atomic mass is 9.85. The number of morpholine rings is 1. The molecule has 0 amide bonds. The first-order valence-electron chi connectivity index (χ1n) is 6.93. The quantitative estimate of drug-likeness (QED) is 0.457. The molecule has 2 N–H and O–H groups in total. The fourth-order valence-corrected chi connectivity index (χ4v) is 2.74. The fraction of sp³-hybridized carbons (Fsp3) is 0.923. The molecule has 0 atom stereocenters. The zero-order chi connectivity index (χ0) is 12.8. The lowest BCUT2D eigenvalue weighted by molar-refractivity contribution is -0.0311. The van der Waals surface area contributed by atoms with Crippen LogP contribution < -0.4 is 5.73 Å². The second-order valence-corrected chi connectivity index (χ2v) is 5.22. The summed E-state index contributed by atoms with van der Waals surface area (Å²) in [5.74, 6) is 0.639. The minimum absolute atomic E-state index is 0. The second kappa shape index (κ2) is 8.26. The summed E-state index contributed by atoms with van der Waals surface area (Å²) in [7, 11) is 1.80. The van der Waals surface area contributed by atoms with Crippen LogP contribution in [-0.4, -0.2) is 56.4 Å². The minimum Gasteiger partial charge on any atom is -0.378 e. The Hall–Kier alpha value is -0.0800. The zero-order valence-electron chi connectivity index (χ0n) is 11.8. The first-order chi connectivity index (χ1) is 8.76. The molecule has 1 aliphatic heterocycles. The molecule has 0 spiro atoms. The van der Waals surface area contributed by atoms with Gasteiger partial charge < -0.3 is 20.1 Å². The van der Waals surface area contributed by atoms with Crippen molar-refractivity contribution in [3.05, 3.63) is 0 Å². The molecule has 1 saturated heterocycles. The number of nitrogens with zero attached hydrogens (tertiary/aromatic N) is 2. The van der Waals surface area contributed by atoms with Crippen molar-refractivity contribution in [2.75, 3.05) is 40.0 Å². The van der Waals surface area contributed by atoms with Gasteiger partial charge in [0.25, 0.3) is 0 Å². The van der Waals surface area contributed by atoms with Crippen LogP contribution in [0.1, 0.15) is 32.1 Å². The van der Waals surface area contributed by atoms with Crippen molar-refractivity contribution < 1.29 is 9.47 Å². The summed E-state index contributed by atoms with van der Waals surface area (Å²) in [6.45, 7) is 3.86. The zero-order valence-corrected chi connectivity index (χ0v) is 14.1.